The molecule has 2 saturated heterocycles. The van der Waals surface area contributed by atoms with E-state index >= 15 is 0 Å². The van der Waals surface area contributed by atoms with Gasteiger partial charge in [0, 0.05) is 24.7 Å². The van der Waals surface area contributed by atoms with E-state index in [1.165, 1.54) is 71.1 Å². The summed E-state index contributed by atoms with van der Waals surface area (Å²) in [5.74, 6) is 0.949. The molecule has 4 atom stereocenters. The highest BCUT2D eigenvalue weighted by molar-refractivity contribution is 4.94. The van der Waals surface area contributed by atoms with Crippen LogP contribution in [0.25, 0.3) is 0 Å². The second-order valence-corrected chi connectivity index (χ2v) is 7.35. The Morgan fingerprint density at radius 3 is 2.85 bits per heavy atom. The van der Waals surface area contributed by atoms with Crippen molar-refractivity contribution in [3.8, 4) is 0 Å². The third-order valence-electron chi connectivity index (χ3n) is 5.98. The van der Waals surface area contributed by atoms with Crippen molar-refractivity contribution in [1.29, 1.82) is 0 Å². The molecule has 3 nitrogen and oxygen atoms in total. The first-order valence-corrected chi connectivity index (χ1v) is 8.95. The van der Waals surface area contributed by atoms with E-state index in [1.807, 2.05) is 0 Å². The monoisotopic (exact) mass is 279 g/mol. The molecule has 116 valence electrons. The second kappa shape index (κ2) is 6.76. The van der Waals surface area contributed by atoms with E-state index in [4.69, 9.17) is 0 Å². The topological polar surface area (TPSA) is 18.5 Å². The highest BCUT2D eigenvalue weighted by Crippen LogP contribution is 2.33. The lowest BCUT2D eigenvalue weighted by molar-refractivity contribution is 0.0208. The van der Waals surface area contributed by atoms with Gasteiger partial charge in [0.1, 0.15) is 0 Å². The average Bonchev–Trinajstić information content (AvgIpc) is 2.94. The van der Waals surface area contributed by atoms with E-state index in [1.54, 1.807) is 0 Å². The highest BCUT2D eigenvalue weighted by Gasteiger charge is 2.38. The summed E-state index contributed by atoms with van der Waals surface area (Å²) in [4.78, 5) is 5.47. The Hall–Kier alpha value is -0.120. The number of piperidine rings is 2. The average molecular weight is 279 g/mol. The first-order valence-electron chi connectivity index (χ1n) is 8.95. The zero-order valence-electron chi connectivity index (χ0n) is 13.5. The van der Waals surface area contributed by atoms with Crippen molar-refractivity contribution >= 4 is 0 Å². The van der Waals surface area contributed by atoms with Crippen LogP contribution in [-0.2, 0) is 0 Å². The molecule has 2 heterocycles. The predicted molar refractivity (Wildman–Crippen MR) is 85.1 cm³/mol. The molecule has 0 bridgehead atoms. The summed E-state index contributed by atoms with van der Waals surface area (Å²) < 4.78 is 0. The molecule has 0 amide bonds. The van der Waals surface area contributed by atoms with Crippen LogP contribution in [0.5, 0.6) is 0 Å². The molecule has 3 rings (SSSR count). The molecule has 0 aromatic heterocycles. The third kappa shape index (κ3) is 3.20. The van der Waals surface area contributed by atoms with Crippen LogP contribution in [0.15, 0.2) is 0 Å². The molecule has 1 N–H and O–H groups in total. The van der Waals surface area contributed by atoms with Crippen molar-refractivity contribution in [3.05, 3.63) is 0 Å². The molecule has 0 aromatic carbocycles. The lowest BCUT2D eigenvalue weighted by Crippen LogP contribution is -2.54. The predicted octanol–water partition coefficient (Wildman–Crippen LogP) is 2.32. The summed E-state index contributed by atoms with van der Waals surface area (Å²) in [5.41, 5.74) is 0. The van der Waals surface area contributed by atoms with Gasteiger partial charge in [-0.1, -0.05) is 6.92 Å². The van der Waals surface area contributed by atoms with E-state index < -0.39 is 0 Å². The van der Waals surface area contributed by atoms with Gasteiger partial charge in [-0.05, 0) is 77.5 Å². The zero-order chi connectivity index (χ0) is 13.9. The molecule has 3 fully saturated rings. The maximum atomic E-state index is 3.73. The number of nitrogens with zero attached hydrogens (tertiary/aromatic N) is 2. The van der Waals surface area contributed by atoms with Crippen LogP contribution in [-0.4, -0.2) is 61.2 Å². The lowest BCUT2D eigenvalue weighted by atomic mass is 9.83. The van der Waals surface area contributed by atoms with E-state index in [9.17, 15) is 0 Å². The Morgan fingerprint density at radius 1 is 1.10 bits per heavy atom. The van der Waals surface area contributed by atoms with Crippen molar-refractivity contribution in [3.63, 3.8) is 0 Å². The molecule has 3 heteroatoms. The Labute approximate surface area is 125 Å². The molecule has 0 radical (unpaired) electrons. The summed E-state index contributed by atoms with van der Waals surface area (Å²) in [6, 6.07) is 2.56. The molecule has 20 heavy (non-hydrogen) atoms. The standard InChI is InChI=1S/C17H33N3/c1-3-9-18-15-6-7-16(12-15)20-11-8-17-14(13-20)5-4-10-19(17)2/h14-18H,3-13H2,1-2H3. The Bertz CT molecular complexity index is 307. The molecule has 1 aliphatic carbocycles. The van der Waals surface area contributed by atoms with Gasteiger partial charge in [0.2, 0.25) is 0 Å². The van der Waals surface area contributed by atoms with Crippen LogP contribution in [0.4, 0.5) is 0 Å². The molecule has 0 spiro atoms. The summed E-state index contributed by atoms with van der Waals surface area (Å²) >= 11 is 0. The van der Waals surface area contributed by atoms with Crippen LogP contribution in [0.2, 0.25) is 0 Å². The lowest BCUT2D eigenvalue weighted by Gasteiger charge is -2.47. The van der Waals surface area contributed by atoms with E-state index in [0.29, 0.717) is 0 Å². The van der Waals surface area contributed by atoms with Crippen molar-refractivity contribution in [1.82, 2.24) is 15.1 Å². The molecule has 2 aliphatic heterocycles. The van der Waals surface area contributed by atoms with E-state index in [-0.39, 0.29) is 0 Å². The minimum absolute atomic E-state index is 0.798. The molecule has 3 aliphatic rings. The number of hydrogen-bond acceptors (Lipinski definition) is 3. The number of hydrogen-bond donors (Lipinski definition) is 1. The Morgan fingerprint density at radius 2 is 2.00 bits per heavy atom. The minimum Gasteiger partial charge on any atom is -0.314 e. The maximum Gasteiger partial charge on any atom is 0.0145 e. The summed E-state index contributed by atoms with van der Waals surface area (Å²) in [6.45, 7) is 7.51. The SMILES string of the molecule is CCCNC1CCC(N2CCC3C(CCCN3C)C2)C1. The van der Waals surface area contributed by atoms with Gasteiger partial charge in [-0.2, -0.15) is 0 Å². The van der Waals surface area contributed by atoms with Gasteiger partial charge in [-0.3, -0.25) is 4.90 Å². The summed E-state index contributed by atoms with van der Waals surface area (Å²) in [7, 11) is 2.34. The van der Waals surface area contributed by atoms with Gasteiger partial charge in [-0.15, -0.1) is 0 Å². The first-order chi connectivity index (χ1) is 9.78. The van der Waals surface area contributed by atoms with Crippen LogP contribution in [0.3, 0.4) is 0 Å². The molecule has 4 unspecified atom stereocenters. The number of rotatable bonds is 4. The molecular weight excluding hydrogens is 246 g/mol. The molecular formula is C17H33N3. The number of fused-ring (bicyclic) bond motifs is 1. The zero-order valence-corrected chi connectivity index (χ0v) is 13.5. The van der Waals surface area contributed by atoms with E-state index in [2.05, 4.69) is 29.1 Å². The van der Waals surface area contributed by atoms with Crippen LogP contribution >= 0.6 is 0 Å². The van der Waals surface area contributed by atoms with Gasteiger partial charge in [0.05, 0.1) is 0 Å². The highest BCUT2D eigenvalue weighted by atomic mass is 15.2. The van der Waals surface area contributed by atoms with Crippen molar-refractivity contribution in [2.45, 2.75) is 70.0 Å². The Balaban J connectivity index is 1.50. The van der Waals surface area contributed by atoms with Gasteiger partial charge < -0.3 is 10.2 Å². The molecule has 0 aromatic rings. The normalized spacial score (nSPS) is 39.9. The van der Waals surface area contributed by atoms with Gasteiger partial charge in [0.25, 0.3) is 0 Å². The first kappa shape index (κ1) is 14.8. The van der Waals surface area contributed by atoms with Crippen LogP contribution in [0.1, 0.15) is 51.9 Å². The number of likely N-dealkylation sites (tertiary alicyclic amines) is 2. The van der Waals surface area contributed by atoms with Crippen molar-refractivity contribution in [2.75, 3.05) is 33.2 Å². The van der Waals surface area contributed by atoms with Crippen molar-refractivity contribution in [2.24, 2.45) is 5.92 Å². The van der Waals surface area contributed by atoms with Crippen molar-refractivity contribution < 1.29 is 0 Å². The summed E-state index contributed by atoms with van der Waals surface area (Å²) in [6.07, 6.45) is 9.77. The van der Waals surface area contributed by atoms with Gasteiger partial charge in [-0.25, -0.2) is 0 Å². The fraction of sp³-hybridized carbons (Fsp3) is 1.00. The van der Waals surface area contributed by atoms with Gasteiger partial charge in [0.15, 0.2) is 0 Å². The quantitative estimate of drug-likeness (QED) is 0.852. The smallest absolute Gasteiger partial charge is 0.0145 e. The number of nitrogens with one attached hydrogen (secondary N) is 1. The second-order valence-electron chi connectivity index (χ2n) is 7.35. The Kier molecular flexibility index (Phi) is 5.00. The van der Waals surface area contributed by atoms with Crippen LogP contribution in [0, 0.1) is 5.92 Å². The minimum atomic E-state index is 0.798. The summed E-state index contributed by atoms with van der Waals surface area (Å²) in [5, 5.41) is 3.73. The fourth-order valence-electron chi connectivity index (χ4n) is 4.84. The van der Waals surface area contributed by atoms with E-state index in [0.717, 1.165) is 24.0 Å². The fourth-order valence-corrected chi connectivity index (χ4v) is 4.84. The van der Waals surface area contributed by atoms with Crippen LogP contribution < -0.4 is 5.32 Å². The third-order valence-corrected chi connectivity index (χ3v) is 5.98. The van der Waals surface area contributed by atoms with Gasteiger partial charge >= 0.3 is 0 Å². The molecule has 1 saturated carbocycles. The maximum absolute atomic E-state index is 3.73. The largest absolute Gasteiger partial charge is 0.314 e.